The number of carbonyl (C=O) groups is 1. The van der Waals surface area contributed by atoms with Crippen LogP contribution in [0.3, 0.4) is 0 Å². The van der Waals surface area contributed by atoms with Crippen molar-refractivity contribution in [1.82, 2.24) is 5.32 Å². The van der Waals surface area contributed by atoms with E-state index in [4.69, 9.17) is 10.5 Å². The van der Waals surface area contributed by atoms with Crippen molar-refractivity contribution in [3.63, 3.8) is 0 Å². The number of hydrogen-bond acceptors (Lipinski definition) is 3. The van der Waals surface area contributed by atoms with Gasteiger partial charge < -0.3 is 15.8 Å². The van der Waals surface area contributed by atoms with E-state index in [1.165, 1.54) is 0 Å². The number of alkyl carbamates (subject to hydrolysis) is 1. The fourth-order valence-corrected chi connectivity index (χ4v) is 1.51. The first-order valence-corrected chi connectivity index (χ1v) is 4.82. The number of ether oxygens (including phenoxy) is 1. The van der Waals surface area contributed by atoms with E-state index in [0.717, 1.165) is 19.3 Å². The summed E-state index contributed by atoms with van der Waals surface area (Å²) >= 11 is 0. The van der Waals surface area contributed by atoms with Crippen LogP contribution in [-0.2, 0) is 4.74 Å². The Bertz CT molecular complexity index is 182. The molecule has 1 aliphatic rings. The lowest BCUT2D eigenvalue weighted by molar-refractivity contribution is 0.0908. The van der Waals surface area contributed by atoms with Crippen LogP contribution in [0, 0.1) is 0 Å². The minimum atomic E-state index is -0.350. The number of rotatable bonds is 2. The fourth-order valence-electron chi connectivity index (χ4n) is 1.51. The monoisotopic (exact) mass is 186 g/mol. The summed E-state index contributed by atoms with van der Waals surface area (Å²) in [6.45, 7) is 3.80. The number of nitrogens with one attached hydrogen (secondary N) is 1. The minimum absolute atomic E-state index is 0.0258. The van der Waals surface area contributed by atoms with E-state index < -0.39 is 0 Å². The predicted octanol–water partition coefficient (Wildman–Crippen LogP) is 1.00. The molecular formula is C9H18N2O2. The van der Waals surface area contributed by atoms with E-state index in [9.17, 15) is 4.79 Å². The van der Waals surface area contributed by atoms with Gasteiger partial charge in [-0.2, -0.15) is 0 Å². The van der Waals surface area contributed by atoms with Crippen LogP contribution in [0.5, 0.6) is 0 Å². The van der Waals surface area contributed by atoms with Crippen LogP contribution < -0.4 is 11.1 Å². The van der Waals surface area contributed by atoms with Crippen molar-refractivity contribution in [3.05, 3.63) is 0 Å². The zero-order valence-corrected chi connectivity index (χ0v) is 8.25. The molecule has 0 aromatic heterocycles. The highest BCUT2D eigenvalue weighted by Gasteiger charge is 2.27. The van der Waals surface area contributed by atoms with Crippen LogP contribution in [-0.4, -0.2) is 24.3 Å². The molecular weight excluding hydrogens is 168 g/mol. The molecule has 1 fully saturated rings. The van der Waals surface area contributed by atoms with Gasteiger partial charge in [-0.25, -0.2) is 4.79 Å². The molecule has 0 saturated heterocycles. The summed E-state index contributed by atoms with van der Waals surface area (Å²) < 4.78 is 5.16. The van der Waals surface area contributed by atoms with Gasteiger partial charge in [-0.1, -0.05) is 0 Å². The van der Waals surface area contributed by atoms with Crippen LogP contribution in [0.15, 0.2) is 0 Å². The summed E-state index contributed by atoms with van der Waals surface area (Å²) in [6.07, 6.45) is 2.48. The summed E-state index contributed by atoms with van der Waals surface area (Å²) in [6, 6.07) is 0.142. The van der Waals surface area contributed by atoms with Crippen molar-refractivity contribution >= 4 is 6.09 Å². The lowest BCUT2D eigenvalue weighted by atomic mass is 10.2. The molecule has 0 heterocycles. The van der Waals surface area contributed by atoms with Gasteiger partial charge in [0.25, 0.3) is 0 Å². The van der Waals surface area contributed by atoms with Crippen LogP contribution in [0.1, 0.15) is 33.1 Å². The van der Waals surface area contributed by atoms with Gasteiger partial charge in [0.2, 0.25) is 0 Å². The third-order valence-electron chi connectivity index (χ3n) is 2.17. The number of nitrogens with two attached hydrogens (primary N) is 1. The second-order valence-electron chi connectivity index (χ2n) is 3.84. The SMILES string of the molecule is CC(C)NC(=O)OC1CCCC1N. The second-order valence-corrected chi connectivity index (χ2v) is 3.84. The summed E-state index contributed by atoms with van der Waals surface area (Å²) in [5.74, 6) is 0. The Kier molecular flexibility index (Phi) is 3.54. The molecule has 3 N–H and O–H groups in total. The molecule has 4 nitrogen and oxygen atoms in total. The molecule has 0 bridgehead atoms. The van der Waals surface area contributed by atoms with Crippen molar-refractivity contribution in [2.24, 2.45) is 5.73 Å². The van der Waals surface area contributed by atoms with Gasteiger partial charge in [0.15, 0.2) is 0 Å². The van der Waals surface area contributed by atoms with Crippen LogP contribution in [0.25, 0.3) is 0 Å². The van der Waals surface area contributed by atoms with Crippen LogP contribution >= 0.6 is 0 Å². The zero-order chi connectivity index (χ0) is 9.84. The van der Waals surface area contributed by atoms with Gasteiger partial charge in [-0.3, -0.25) is 0 Å². The van der Waals surface area contributed by atoms with E-state index in [2.05, 4.69) is 5.32 Å². The Morgan fingerprint density at radius 3 is 2.69 bits per heavy atom. The first-order chi connectivity index (χ1) is 6.09. The van der Waals surface area contributed by atoms with E-state index in [1.54, 1.807) is 0 Å². The van der Waals surface area contributed by atoms with E-state index >= 15 is 0 Å². The molecule has 0 aromatic carbocycles. The number of hydrogen-bond donors (Lipinski definition) is 2. The van der Waals surface area contributed by atoms with Gasteiger partial charge in [0, 0.05) is 12.1 Å². The Morgan fingerprint density at radius 2 is 2.23 bits per heavy atom. The average molecular weight is 186 g/mol. The van der Waals surface area contributed by atoms with Crippen LogP contribution in [0.2, 0.25) is 0 Å². The fraction of sp³-hybridized carbons (Fsp3) is 0.889. The summed E-state index contributed by atoms with van der Waals surface area (Å²) in [5, 5.41) is 2.67. The molecule has 2 unspecified atom stereocenters. The lowest BCUT2D eigenvalue weighted by Crippen LogP contribution is -2.39. The third kappa shape index (κ3) is 3.22. The molecule has 0 radical (unpaired) electrons. The molecule has 0 spiro atoms. The first-order valence-electron chi connectivity index (χ1n) is 4.82. The highest BCUT2D eigenvalue weighted by Crippen LogP contribution is 2.20. The van der Waals surface area contributed by atoms with Crippen molar-refractivity contribution in [2.75, 3.05) is 0 Å². The average Bonchev–Trinajstić information content (AvgIpc) is 2.34. The Labute approximate surface area is 78.8 Å². The Balaban J connectivity index is 2.27. The van der Waals surface area contributed by atoms with Gasteiger partial charge in [0.1, 0.15) is 6.10 Å². The van der Waals surface area contributed by atoms with Gasteiger partial charge in [-0.15, -0.1) is 0 Å². The highest BCUT2D eigenvalue weighted by molar-refractivity contribution is 5.67. The molecule has 2 atom stereocenters. The smallest absolute Gasteiger partial charge is 0.407 e. The molecule has 0 aliphatic heterocycles. The van der Waals surface area contributed by atoms with E-state index in [-0.39, 0.29) is 24.3 Å². The topological polar surface area (TPSA) is 64.3 Å². The van der Waals surface area contributed by atoms with Crippen LogP contribution in [0.4, 0.5) is 4.79 Å². The summed E-state index contributed by atoms with van der Waals surface area (Å²) in [4.78, 5) is 11.2. The van der Waals surface area contributed by atoms with Crippen molar-refractivity contribution < 1.29 is 9.53 Å². The number of amides is 1. The molecule has 13 heavy (non-hydrogen) atoms. The first kappa shape index (κ1) is 10.3. The Hall–Kier alpha value is -0.770. The molecule has 0 aromatic rings. The predicted molar refractivity (Wildman–Crippen MR) is 50.4 cm³/mol. The lowest BCUT2D eigenvalue weighted by Gasteiger charge is -2.17. The zero-order valence-electron chi connectivity index (χ0n) is 8.25. The Morgan fingerprint density at radius 1 is 1.54 bits per heavy atom. The third-order valence-corrected chi connectivity index (χ3v) is 2.17. The van der Waals surface area contributed by atoms with Crippen molar-refractivity contribution in [3.8, 4) is 0 Å². The van der Waals surface area contributed by atoms with Gasteiger partial charge in [-0.05, 0) is 33.1 Å². The second kappa shape index (κ2) is 4.46. The van der Waals surface area contributed by atoms with Gasteiger partial charge in [0.05, 0.1) is 0 Å². The van der Waals surface area contributed by atoms with E-state index in [0.29, 0.717) is 0 Å². The standard InChI is InChI=1S/C9H18N2O2/c1-6(2)11-9(12)13-8-5-3-4-7(8)10/h6-8H,3-5,10H2,1-2H3,(H,11,12). The highest BCUT2D eigenvalue weighted by atomic mass is 16.6. The maximum absolute atomic E-state index is 11.2. The maximum Gasteiger partial charge on any atom is 0.407 e. The molecule has 1 rings (SSSR count). The van der Waals surface area contributed by atoms with Crippen molar-refractivity contribution in [1.29, 1.82) is 0 Å². The quantitative estimate of drug-likeness (QED) is 0.676. The van der Waals surface area contributed by atoms with Crippen molar-refractivity contribution in [2.45, 2.75) is 51.3 Å². The van der Waals surface area contributed by atoms with Gasteiger partial charge >= 0.3 is 6.09 Å². The molecule has 1 aliphatic carbocycles. The molecule has 4 heteroatoms. The largest absolute Gasteiger partial charge is 0.445 e. The summed E-state index contributed by atoms with van der Waals surface area (Å²) in [5.41, 5.74) is 5.75. The molecule has 1 saturated carbocycles. The molecule has 1 amide bonds. The minimum Gasteiger partial charge on any atom is -0.445 e. The number of carbonyl (C=O) groups excluding carboxylic acids is 1. The van der Waals surface area contributed by atoms with E-state index in [1.807, 2.05) is 13.8 Å². The summed E-state index contributed by atoms with van der Waals surface area (Å²) in [7, 11) is 0. The normalized spacial score (nSPS) is 27.7. The maximum atomic E-state index is 11.2. The molecule has 76 valence electrons.